The van der Waals surface area contributed by atoms with Crippen molar-refractivity contribution in [2.24, 2.45) is 5.73 Å². The minimum absolute atomic E-state index is 0.195. The monoisotopic (exact) mass is 365 g/mol. The van der Waals surface area contributed by atoms with Crippen molar-refractivity contribution in [2.75, 3.05) is 0 Å². The van der Waals surface area contributed by atoms with Crippen molar-refractivity contribution in [3.05, 3.63) is 67.6 Å². The smallest absolute Gasteiger partial charge is 0.320 e. The first kappa shape index (κ1) is 12.4. The Balaban J connectivity index is 2.03. The summed E-state index contributed by atoms with van der Waals surface area (Å²) in [5.74, 6) is 0. The van der Waals surface area contributed by atoms with Crippen molar-refractivity contribution in [3.8, 4) is 0 Å². The SMILES string of the molecule is NC(c1ccc(I)cc1)c1ccc2[nH]c(=O)[nH]c2c1. The van der Waals surface area contributed by atoms with Gasteiger partial charge in [-0.2, -0.15) is 0 Å². The summed E-state index contributed by atoms with van der Waals surface area (Å²) in [6, 6.07) is 13.6. The highest BCUT2D eigenvalue weighted by molar-refractivity contribution is 14.1. The van der Waals surface area contributed by atoms with Crippen molar-refractivity contribution in [1.29, 1.82) is 0 Å². The average Bonchev–Trinajstić information content (AvgIpc) is 2.77. The minimum atomic E-state index is -0.199. The second-order valence-electron chi connectivity index (χ2n) is 4.41. The highest BCUT2D eigenvalue weighted by Crippen LogP contribution is 2.22. The van der Waals surface area contributed by atoms with E-state index in [-0.39, 0.29) is 11.7 Å². The van der Waals surface area contributed by atoms with Crippen molar-refractivity contribution < 1.29 is 0 Å². The molecule has 3 aromatic rings. The highest BCUT2D eigenvalue weighted by atomic mass is 127. The molecule has 19 heavy (non-hydrogen) atoms. The summed E-state index contributed by atoms with van der Waals surface area (Å²) in [7, 11) is 0. The summed E-state index contributed by atoms with van der Waals surface area (Å²) in [4.78, 5) is 16.7. The van der Waals surface area contributed by atoms with Gasteiger partial charge < -0.3 is 15.7 Å². The van der Waals surface area contributed by atoms with Gasteiger partial charge in [-0.05, 0) is 58.0 Å². The lowest BCUT2D eigenvalue weighted by molar-refractivity contribution is 0.872. The molecule has 0 aliphatic rings. The predicted molar refractivity (Wildman–Crippen MR) is 84.1 cm³/mol. The van der Waals surface area contributed by atoms with Gasteiger partial charge in [-0.25, -0.2) is 4.79 Å². The van der Waals surface area contributed by atoms with E-state index < -0.39 is 0 Å². The second-order valence-corrected chi connectivity index (χ2v) is 5.66. The first-order valence-electron chi connectivity index (χ1n) is 5.86. The van der Waals surface area contributed by atoms with E-state index in [1.54, 1.807) is 0 Å². The summed E-state index contributed by atoms with van der Waals surface area (Å²) < 4.78 is 1.18. The fourth-order valence-corrected chi connectivity index (χ4v) is 2.47. The zero-order valence-corrected chi connectivity index (χ0v) is 12.1. The maximum atomic E-state index is 11.2. The summed E-state index contributed by atoms with van der Waals surface area (Å²) in [5, 5.41) is 0. The quantitative estimate of drug-likeness (QED) is 0.611. The van der Waals surface area contributed by atoms with E-state index in [0.29, 0.717) is 0 Å². The lowest BCUT2D eigenvalue weighted by Crippen LogP contribution is -2.11. The normalized spacial score (nSPS) is 12.7. The summed E-state index contributed by atoms with van der Waals surface area (Å²) >= 11 is 2.26. The van der Waals surface area contributed by atoms with Crippen molar-refractivity contribution in [2.45, 2.75) is 6.04 Å². The van der Waals surface area contributed by atoms with Gasteiger partial charge in [-0.15, -0.1) is 0 Å². The van der Waals surface area contributed by atoms with E-state index in [1.165, 1.54) is 3.57 Å². The minimum Gasteiger partial charge on any atom is -0.320 e. The van der Waals surface area contributed by atoms with E-state index in [2.05, 4.69) is 32.6 Å². The average molecular weight is 365 g/mol. The fraction of sp³-hybridized carbons (Fsp3) is 0.0714. The van der Waals surface area contributed by atoms with Crippen LogP contribution in [0.5, 0.6) is 0 Å². The third-order valence-electron chi connectivity index (χ3n) is 3.13. The van der Waals surface area contributed by atoms with Gasteiger partial charge in [0.05, 0.1) is 17.1 Å². The van der Waals surface area contributed by atoms with Crippen LogP contribution in [0.25, 0.3) is 11.0 Å². The number of aromatic amines is 2. The number of imidazole rings is 1. The number of fused-ring (bicyclic) bond motifs is 1. The number of nitrogens with one attached hydrogen (secondary N) is 2. The molecule has 4 nitrogen and oxygen atoms in total. The molecule has 1 atom stereocenters. The predicted octanol–water partition coefficient (Wildman–Crippen LogP) is 2.51. The molecule has 0 radical (unpaired) electrons. The number of aromatic nitrogens is 2. The van der Waals surface area contributed by atoms with Gasteiger partial charge >= 0.3 is 5.69 Å². The lowest BCUT2D eigenvalue weighted by atomic mass is 9.99. The third kappa shape index (κ3) is 2.43. The molecule has 1 unspecified atom stereocenters. The van der Waals surface area contributed by atoms with E-state index in [9.17, 15) is 4.79 Å². The first-order chi connectivity index (χ1) is 9.13. The van der Waals surface area contributed by atoms with Crippen LogP contribution in [0.15, 0.2) is 47.3 Å². The Morgan fingerprint density at radius 2 is 1.58 bits per heavy atom. The largest absolute Gasteiger partial charge is 0.323 e. The molecule has 0 spiro atoms. The Morgan fingerprint density at radius 1 is 0.947 bits per heavy atom. The van der Waals surface area contributed by atoms with Crippen LogP contribution in [-0.2, 0) is 0 Å². The van der Waals surface area contributed by atoms with Crippen LogP contribution in [0.2, 0.25) is 0 Å². The van der Waals surface area contributed by atoms with Crippen LogP contribution >= 0.6 is 22.6 Å². The van der Waals surface area contributed by atoms with Crippen LogP contribution < -0.4 is 11.4 Å². The van der Waals surface area contributed by atoms with Crippen molar-refractivity contribution in [1.82, 2.24) is 9.97 Å². The molecule has 3 rings (SSSR count). The van der Waals surface area contributed by atoms with Crippen molar-refractivity contribution >= 4 is 33.6 Å². The van der Waals surface area contributed by atoms with Crippen LogP contribution in [-0.4, -0.2) is 9.97 Å². The van der Waals surface area contributed by atoms with Gasteiger partial charge in [0, 0.05) is 3.57 Å². The van der Waals surface area contributed by atoms with Crippen LogP contribution in [0.4, 0.5) is 0 Å². The van der Waals surface area contributed by atoms with Crippen molar-refractivity contribution in [3.63, 3.8) is 0 Å². The summed E-state index contributed by atoms with van der Waals surface area (Å²) in [6.45, 7) is 0. The number of nitrogens with two attached hydrogens (primary N) is 1. The molecule has 1 heterocycles. The molecule has 0 saturated heterocycles. The molecule has 0 saturated carbocycles. The van der Waals surface area contributed by atoms with E-state index in [4.69, 9.17) is 5.73 Å². The van der Waals surface area contributed by atoms with Gasteiger partial charge in [-0.1, -0.05) is 18.2 Å². The molecule has 4 N–H and O–H groups in total. The molecule has 0 fully saturated rings. The number of halogens is 1. The molecule has 2 aromatic carbocycles. The number of benzene rings is 2. The van der Waals surface area contributed by atoms with Gasteiger partial charge in [0.2, 0.25) is 0 Å². The molecular weight excluding hydrogens is 353 g/mol. The molecule has 0 bridgehead atoms. The topological polar surface area (TPSA) is 74.7 Å². The number of H-pyrrole nitrogens is 2. The Bertz CT molecular complexity index is 773. The number of rotatable bonds is 2. The maximum absolute atomic E-state index is 11.2. The van der Waals surface area contributed by atoms with E-state index >= 15 is 0 Å². The molecule has 96 valence electrons. The van der Waals surface area contributed by atoms with Crippen LogP contribution in [0, 0.1) is 3.57 Å². The highest BCUT2D eigenvalue weighted by Gasteiger charge is 2.10. The Morgan fingerprint density at radius 3 is 2.32 bits per heavy atom. The molecule has 5 heteroatoms. The standard InChI is InChI=1S/C14H12IN3O/c15-10-4-1-8(2-5-10)13(16)9-3-6-11-12(7-9)18-14(19)17-11/h1-7,13H,16H2,(H2,17,18,19). The number of hydrogen-bond acceptors (Lipinski definition) is 2. The number of hydrogen-bond donors (Lipinski definition) is 3. The Hall–Kier alpha value is -1.60. The van der Waals surface area contributed by atoms with Gasteiger partial charge in [0.1, 0.15) is 0 Å². The first-order valence-corrected chi connectivity index (χ1v) is 6.94. The zero-order chi connectivity index (χ0) is 13.4. The summed E-state index contributed by atoms with van der Waals surface area (Å²) in [6.07, 6.45) is 0. The third-order valence-corrected chi connectivity index (χ3v) is 3.85. The van der Waals surface area contributed by atoms with Gasteiger partial charge in [-0.3, -0.25) is 0 Å². The Labute approximate surface area is 123 Å². The fourth-order valence-electron chi connectivity index (χ4n) is 2.11. The van der Waals surface area contributed by atoms with Crippen LogP contribution in [0.3, 0.4) is 0 Å². The van der Waals surface area contributed by atoms with Gasteiger partial charge in [0.25, 0.3) is 0 Å². The molecule has 1 aromatic heterocycles. The summed E-state index contributed by atoms with van der Waals surface area (Å²) in [5.41, 5.74) is 9.67. The second kappa shape index (κ2) is 4.82. The van der Waals surface area contributed by atoms with Crippen LogP contribution in [0.1, 0.15) is 17.2 Å². The lowest BCUT2D eigenvalue weighted by Gasteiger charge is -2.12. The maximum Gasteiger partial charge on any atom is 0.323 e. The zero-order valence-electron chi connectivity index (χ0n) is 9.98. The molecule has 0 amide bonds. The van der Waals surface area contributed by atoms with E-state index in [1.807, 2.05) is 42.5 Å². The van der Waals surface area contributed by atoms with Gasteiger partial charge in [0.15, 0.2) is 0 Å². The Kier molecular flexibility index (Phi) is 3.16. The molecule has 0 aliphatic heterocycles. The molecular formula is C14H12IN3O. The van der Waals surface area contributed by atoms with E-state index in [0.717, 1.165) is 22.2 Å². The molecule has 0 aliphatic carbocycles.